The van der Waals surface area contributed by atoms with Crippen molar-refractivity contribution in [2.75, 3.05) is 31.8 Å². The van der Waals surface area contributed by atoms with Gasteiger partial charge in [-0.1, -0.05) is 23.2 Å². The number of esters is 1. The molecule has 1 aliphatic rings. The van der Waals surface area contributed by atoms with E-state index in [0.29, 0.717) is 34.8 Å². The van der Waals surface area contributed by atoms with E-state index in [1.54, 1.807) is 18.6 Å². The van der Waals surface area contributed by atoms with E-state index < -0.39 is 0 Å². The lowest BCUT2D eigenvalue weighted by Crippen LogP contribution is -2.31. The van der Waals surface area contributed by atoms with Crippen molar-refractivity contribution in [3.63, 3.8) is 0 Å². The van der Waals surface area contributed by atoms with Crippen molar-refractivity contribution in [2.45, 2.75) is 31.7 Å². The van der Waals surface area contributed by atoms with Crippen molar-refractivity contribution in [1.29, 1.82) is 0 Å². The molecule has 9 heteroatoms. The molecular formula is C22H24Cl2N4O3. The molecule has 0 unspecified atom stereocenters. The van der Waals surface area contributed by atoms with Gasteiger partial charge in [-0.3, -0.25) is 4.79 Å². The summed E-state index contributed by atoms with van der Waals surface area (Å²) in [7, 11) is 1.38. The summed E-state index contributed by atoms with van der Waals surface area (Å²) >= 11 is 12.8. The van der Waals surface area contributed by atoms with Gasteiger partial charge in [0.15, 0.2) is 0 Å². The van der Waals surface area contributed by atoms with Gasteiger partial charge in [-0.15, -0.1) is 0 Å². The number of aromatic nitrogens is 3. The minimum absolute atomic E-state index is 0.259. The predicted octanol–water partition coefficient (Wildman–Crippen LogP) is 4.67. The molecule has 0 amide bonds. The minimum atomic E-state index is -0.259. The van der Waals surface area contributed by atoms with Crippen LogP contribution in [-0.4, -0.2) is 53.4 Å². The monoisotopic (exact) mass is 462 g/mol. The summed E-state index contributed by atoms with van der Waals surface area (Å²) in [5.41, 5.74) is 1.63. The zero-order valence-electron chi connectivity index (χ0n) is 17.3. The van der Waals surface area contributed by atoms with E-state index in [-0.39, 0.29) is 12.4 Å². The molecule has 0 N–H and O–H groups in total. The van der Waals surface area contributed by atoms with E-state index >= 15 is 0 Å². The average Bonchev–Trinajstić information content (AvgIpc) is 3.47. The Morgan fingerprint density at radius 1 is 1.29 bits per heavy atom. The lowest BCUT2D eigenvalue weighted by atomic mass is 10.1. The molecule has 1 aliphatic heterocycles. The number of hydrogen-bond donors (Lipinski definition) is 0. The third kappa shape index (κ3) is 4.79. The molecule has 0 spiro atoms. The van der Waals surface area contributed by atoms with Crippen LogP contribution in [0.1, 0.15) is 25.7 Å². The Bertz CT molecular complexity index is 1060. The third-order valence-electron chi connectivity index (χ3n) is 5.56. The van der Waals surface area contributed by atoms with E-state index in [0.717, 1.165) is 42.7 Å². The summed E-state index contributed by atoms with van der Waals surface area (Å²) in [5.74, 6) is 0.600. The number of rotatable bonds is 8. The molecule has 7 nitrogen and oxygen atoms in total. The summed E-state index contributed by atoms with van der Waals surface area (Å²) in [6, 6.07) is 6.10. The number of imidazole rings is 1. The van der Waals surface area contributed by atoms with Crippen LogP contribution in [0.25, 0.3) is 16.6 Å². The van der Waals surface area contributed by atoms with E-state index in [2.05, 4.69) is 20.7 Å². The highest BCUT2D eigenvalue weighted by Crippen LogP contribution is 2.36. The van der Waals surface area contributed by atoms with Crippen LogP contribution in [0, 0.1) is 0 Å². The largest absolute Gasteiger partial charge is 0.469 e. The molecule has 0 radical (unpaired) electrons. The molecule has 0 saturated carbocycles. The van der Waals surface area contributed by atoms with Gasteiger partial charge in [-0.2, -0.15) is 0 Å². The second-order valence-corrected chi connectivity index (χ2v) is 8.23. The number of pyridine rings is 1. The van der Waals surface area contributed by atoms with Crippen molar-refractivity contribution in [2.24, 2.45) is 0 Å². The number of carbonyl (C=O) groups excluding carboxylic acids is 1. The molecular weight excluding hydrogens is 439 g/mol. The van der Waals surface area contributed by atoms with Crippen LogP contribution in [0.15, 0.2) is 36.9 Å². The highest BCUT2D eigenvalue weighted by molar-refractivity contribution is 6.45. The number of benzene rings is 1. The molecule has 3 aromatic rings. The highest BCUT2D eigenvalue weighted by atomic mass is 35.5. The Hall–Kier alpha value is -2.35. The van der Waals surface area contributed by atoms with Crippen LogP contribution in [0.3, 0.4) is 0 Å². The number of carbonyl (C=O) groups is 1. The van der Waals surface area contributed by atoms with Gasteiger partial charge in [-0.05, 0) is 31.4 Å². The molecule has 31 heavy (non-hydrogen) atoms. The summed E-state index contributed by atoms with van der Waals surface area (Å²) in [6.45, 7) is 1.85. The number of methoxy groups -OCH3 is 1. The quantitative estimate of drug-likeness (QED) is 0.357. The second kappa shape index (κ2) is 9.85. The molecule has 164 valence electrons. The fourth-order valence-electron chi connectivity index (χ4n) is 3.98. The second-order valence-electron chi connectivity index (χ2n) is 7.44. The zero-order valence-corrected chi connectivity index (χ0v) is 18.8. The van der Waals surface area contributed by atoms with Gasteiger partial charge in [0.25, 0.3) is 0 Å². The first-order valence-corrected chi connectivity index (χ1v) is 11.0. The Morgan fingerprint density at radius 3 is 2.94 bits per heavy atom. The smallest absolute Gasteiger partial charge is 0.307 e. The normalized spacial score (nSPS) is 16.2. The summed E-state index contributed by atoms with van der Waals surface area (Å²) in [4.78, 5) is 22.6. The zero-order chi connectivity index (χ0) is 21.8. The lowest BCUT2D eigenvalue weighted by Gasteiger charge is -2.27. The number of anilines is 1. The van der Waals surface area contributed by atoms with Crippen LogP contribution < -0.4 is 4.90 Å². The molecule has 1 saturated heterocycles. The van der Waals surface area contributed by atoms with Crippen LogP contribution in [0.5, 0.6) is 0 Å². The van der Waals surface area contributed by atoms with Crippen LogP contribution in [-0.2, 0) is 14.3 Å². The summed E-state index contributed by atoms with van der Waals surface area (Å²) in [6.07, 6.45) is 8.67. The number of hydrogen-bond acceptors (Lipinski definition) is 6. The molecule has 0 aliphatic carbocycles. The van der Waals surface area contributed by atoms with E-state index in [1.807, 2.05) is 16.8 Å². The van der Waals surface area contributed by atoms with E-state index in [4.69, 9.17) is 32.9 Å². The third-order valence-corrected chi connectivity index (χ3v) is 6.36. The number of nitrogens with zero attached hydrogens (tertiary/aromatic N) is 4. The van der Waals surface area contributed by atoms with E-state index in [1.165, 1.54) is 7.11 Å². The van der Waals surface area contributed by atoms with Crippen LogP contribution >= 0.6 is 23.2 Å². The van der Waals surface area contributed by atoms with Crippen molar-refractivity contribution in [3.05, 3.63) is 47.0 Å². The molecule has 1 atom stereocenters. The molecule has 1 fully saturated rings. The standard InChI is InChI=1S/C22H24Cl2N4O3/c1-30-20(29)7-12-31-11-6-15-3-2-9-28(15)19-13-18(27-10-8-25-14-27)16-4-5-17(23)21(24)22(16)26-19/h4-5,8,10,13-15H,2-3,6-7,9,11-12H2,1H3/t15-/m0/s1. The Balaban J connectivity index is 1.58. The van der Waals surface area contributed by atoms with E-state index in [9.17, 15) is 4.79 Å². The fraction of sp³-hybridized carbons (Fsp3) is 0.409. The Kier molecular flexibility index (Phi) is 6.95. The number of fused-ring (bicyclic) bond motifs is 1. The molecule has 3 heterocycles. The van der Waals surface area contributed by atoms with Gasteiger partial charge in [0.05, 0.1) is 47.7 Å². The van der Waals surface area contributed by atoms with Gasteiger partial charge < -0.3 is 18.9 Å². The maximum atomic E-state index is 11.2. The number of halogens is 2. The van der Waals surface area contributed by atoms with Gasteiger partial charge in [0.1, 0.15) is 5.82 Å². The van der Waals surface area contributed by atoms with Gasteiger partial charge in [0.2, 0.25) is 0 Å². The van der Waals surface area contributed by atoms with Crippen LogP contribution in [0.4, 0.5) is 5.82 Å². The van der Waals surface area contributed by atoms with Crippen molar-refractivity contribution in [3.8, 4) is 5.69 Å². The minimum Gasteiger partial charge on any atom is -0.469 e. The van der Waals surface area contributed by atoms with Gasteiger partial charge in [-0.25, -0.2) is 9.97 Å². The lowest BCUT2D eigenvalue weighted by molar-refractivity contribution is -0.141. The van der Waals surface area contributed by atoms with Crippen LogP contribution in [0.2, 0.25) is 10.0 Å². The van der Waals surface area contributed by atoms with Gasteiger partial charge in [0, 0.05) is 43.0 Å². The molecule has 0 bridgehead atoms. The summed E-state index contributed by atoms with van der Waals surface area (Å²) < 4.78 is 12.2. The average molecular weight is 463 g/mol. The Labute approximate surface area is 190 Å². The first-order valence-electron chi connectivity index (χ1n) is 10.3. The van der Waals surface area contributed by atoms with Crippen molar-refractivity contribution < 1.29 is 14.3 Å². The summed E-state index contributed by atoms with van der Waals surface area (Å²) in [5, 5.41) is 1.84. The maximum absolute atomic E-state index is 11.2. The first-order chi connectivity index (χ1) is 15.1. The molecule has 1 aromatic carbocycles. The predicted molar refractivity (Wildman–Crippen MR) is 121 cm³/mol. The van der Waals surface area contributed by atoms with Crippen molar-refractivity contribution in [1.82, 2.24) is 14.5 Å². The highest BCUT2D eigenvalue weighted by Gasteiger charge is 2.27. The number of ether oxygens (including phenoxy) is 2. The fourth-order valence-corrected chi connectivity index (χ4v) is 4.34. The van der Waals surface area contributed by atoms with Crippen molar-refractivity contribution >= 4 is 45.9 Å². The van der Waals surface area contributed by atoms with Gasteiger partial charge >= 0.3 is 5.97 Å². The SMILES string of the molecule is COC(=O)CCOCC[C@@H]1CCCN1c1cc(-n2ccnc2)c2ccc(Cl)c(Cl)c2n1. The maximum Gasteiger partial charge on any atom is 0.307 e. The molecule has 4 rings (SSSR count). The first kappa shape index (κ1) is 21.9. The molecule has 2 aromatic heterocycles. The Morgan fingerprint density at radius 2 is 2.16 bits per heavy atom. The topological polar surface area (TPSA) is 69.5 Å².